The van der Waals surface area contributed by atoms with Gasteiger partial charge in [-0.15, -0.1) is 0 Å². The van der Waals surface area contributed by atoms with E-state index in [1.165, 1.54) is 12.8 Å². The fourth-order valence-electron chi connectivity index (χ4n) is 4.70. The lowest BCUT2D eigenvalue weighted by Gasteiger charge is -2.40. The molecule has 6 heteroatoms. The first-order valence-corrected chi connectivity index (χ1v) is 11.0. The van der Waals surface area contributed by atoms with Gasteiger partial charge in [0.25, 0.3) is 5.91 Å². The fourth-order valence-corrected chi connectivity index (χ4v) is 4.70. The van der Waals surface area contributed by atoms with E-state index in [-0.39, 0.29) is 17.9 Å². The Morgan fingerprint density at radius 2 is 1.67 bits per heavy atom. The molecule has 0 radical (unpaired) electrons. The van der Waals surface area contributed by atoms with Crippen LogP contribution in [0.3, 0.4) is 0 Å². The SMILES string of the molecule is O=C(NCc1ccccn1)[C@H](C1CCCC1)N1CCN(C(=O)c2ccccc2)CC1. The molecule has 0 unspecified atom stereocenters. The molecular weight excluding hydrogens is 376 g/mol. The Hall–Kier alpha value is -2.73. The second kappa shape index (κ2) is 9.85. The Morgan fingerprint density at radius 3 is 2.33 bits per heavy atom. The van der Waals surface area contributed by atoms with Crippen LogP contribution in [0.1, 0.15) is 41.7 Å². The van der Waals surface area contributed by atoms with Crippen LogP contribution < -0.4 is 5.32 Å². The summed E-state index contributed by atoms with van der Waals surface area (Å²) in [5.74, 6) is 0.563. The third-order valence-corrected chi connectivity index (χ3v) is 6.30. The summed E-state index contributed by atoms with van der Waals surface area (Å²) in [6.07, 6.45) is 6.34. The Labute approximate surface area is 178 Å². The van der Waals surface area contributed by atoms with E-state index in [0.29, 0.717) is 25.6 Å². The molecule has 1 N–H and O–H groups in total. The van der Waals surface area contributed by atoms with Gasteiger partial charge in [0, 0.05) is 37.9 Å². The summed E-state index contributed by atoms with van der Waals surface area (Å²) in [5, 5.41) is 3.11. The quantitative estimate of drug-likeness (QED) is 0.801. The lowest BCUT2D eigenvalue weighted by Crippen LogP contribution is -2.57. The highest BCUT2D eigenvalue weighted by atomic mass is 16.2. The molecule has 0 bridgehead atoms. The first-order valence-electron chi connectivity index (χ1n) is 11.0. The first kappa shape index (κ1) is 20.5. The van der Waals surface area contributed by atoms with Crippen LogP contribution in [-0.2, 0) is 11.3 Å². The van der Waals surface area contributed by atoms with Gasteiger partial charge in [0.1, 0.15) is 0 Å². The van der Waals surface area contributed by atoms with E-state index in [0.717, 1.165) is 37.2 Å². The Bertz CT molecular complexity index is 829. The van der Waals surface area contributed by atoms with E-state index in [1.54, 1.807) is 6.20 Å². The second-order valence-corrected chi connectivity index (χ2v) is 8.22. The predicted molar refractivity (Wildman–Crippen MR) is 116 cm³/mol. The van der Waals surface area contributed by atoms with E-state index in [2.05, 4.69) is 15.2 Å². The third kappa shape index (κ3) is 4.87. The van der Waals surface area contributed by atoms with Crippen molar-refractivity contribution in [3.05, 3.63) is 66.0 Å². The zero-order chi connectivity index (χ0) is 20.8. The van der Waals surface area contributed by atoms with Crippen LogP contribution in [0.2, 0.25) is 0 Å². The van der Waals surface area contributed by atoms with Crippen molar-refractivity contribution >= 4 is 11.8 Å². The molecule has 1 aliphatic carbocycles. The van der Waals surface area contributed by atoms with Gasteiger partial charge >= 0.3 is 0 Å². The summed E-state index contributed by atoms with van der Waals surface area (Å²) < 4.78 is 0. The van der Waals surface area contributed by atoms with E-state index in [9.17, 15) is 9.59 Å². The Morgan fingerprint density at radius 1 is 0.967 bits per heavy atom. The molecule has 1 aliphatic heterocycles. The van der Waals surface area contributed by atoms with Gasteiger partial charge in [-0.25, -0.2) is 0 Å². The van der Waals surface area contributed by atoms with Gasteiger partial charge in [0.2, 0.25) is 5.91 Å². The van der Waals surface area contributed by atoms with Gasteiger partial charge in [-0.1, -0.05) is 37.1 Å². The molecule has 2 fully saturated rings. The molecule has 1 saturated heterocycles. The number of amides is 2. The van der Waals surface area contributed by atoms with Crippen LogP contribution in [0.5, 0.6) is 0 Å². The topological polar surface area (TPSA) is 65.5 Å². The van der Waals surface area contributed by atoms with E-state index in [4.69, 9.17) is 0 Å². The maximum absolute atomic E-state index is 13.2. The number of aromatic nitrogens is 1. The molecule has 1 atom stereocenters. The molecule has 0 spiro atoms. The normalized spacial score (nSPS) is 18.9. The van der Waals surface area contributed by atoms with Gasteiger partial charge in [-0.2, -0.15) is 0 Å². The monoisotopic (exact) mass is 406 g/mol. The number of hydrogen-bond acceptors (Lipinski definition) is 4. The summed E-state index contributed by atoms with van der Waals surface area (Å²) in [6, 6.07) is 15.1. The Balaban J connectivity index is 1.38. The predicted octanol–water partition coefficient (Wildman–Crippen LogP) is 2.71. The smallest absolute Gasteiger partial charge is 0.253 e. The number of benzene rings is 1. The summed E-state index contributed by atoms with van der Waals surface area (Å²) in [4.78, 5) is 34.4. The van der Waals surface area contributed by atoms with Crippen LogP contribution in [0, 0.1) is 5.92 Å². The zero-order valence-corrected chi connectivity index (χ0v) is 17.4. The molecule has 4 rings (SSSR count). The van der Waals surface area contributed by atoms with Crippen molar-refractivity contribution in [2.75, 3.05) is 26.2 Å². The third-order valence-electron chi connectivity index (χ3n) is 6.30. The van der Waals surface area contributed by atoms with Crippen LogP contribution >= 0.6 is 0 Å². The lowest BCUT2D eigenvalue weighted by molar-refractivity contribution is -0.129. The maximum Gasteiger partial charge on any atom is 0.253 e. The molecule has 2 aromatic rings. The molecule has 1 aromatic carbocycles. The van der Waals surface area contributed by atoms with Crippen molar-refractivity contribution in [2.24, 2.45) is 5.92 Å². The van der Waals surface area contributed by atoms with Gasteiger partial charge in [-0.05, 0) is 43.0 Å². The van der Waals surface area contributed by atoms with Gasteiger partial charge in [0.05, 0.1) is 18.3 Å². The molecule has 1 aromatic heterocycles. The number of hydrogen-bond donors (Lipinski definition) is 1. The zero-order valence-electron chi connectivity index (χ0n) is 17.4. The fraction of sp³-hybridized carbons (Fsp3) is 0.458. The minimum Gasteiger partial charge on any atom is -0.349 e. The molecule has 2 amide bonds. The van der Waals surface area contributed by atoms with E-state index < -0.39 is 0 Å². The van der Waals surface area contributed by atoms with Crippen molar-refractivity contribution in [3.63, 3.8) is 0 Å². The van der Waals surface area contributed by atoms with E-state index >= 15 is 0 Å². The average Bonchev–Trinajstić information content (AvgIpc) is 3.33. The molecule has 2 heterocycles. The van der Waals surface area contributed by atoms with Crippen LogP contribution in [-0.4, -0.2) is 58.8 Å². The van der Waals surface area contributed by atoms with Crippen LogP contribution in [0.15, 0.2) is 54.7 Å². The van der Waals surface area contributed by atoms with Crippen molar-refractivity contribution < 1.29 is 9.59 Å². The number of nitrogens with zero attached hydrogens (tertiary/aromatic N) is 3. The number of pyridine rings is 1. The van der Waals surface area contributed by atoms with Gasteiger partial charge in [0.15, 0.2) is 0 Å². The largest absolute Gasteiger partial charge is 0.349 e. The Kier molecular flexibility index (Phi) is 6.74. The highest BCUT2D eigenvalue weighted by Gasteiger charge is 2.37. The highest BCUT2D eigenvalue weighted by molar-refractivity contribution is 5.94. The summed E-state index contributed by atoms with van der Waals surface area (Å²) in [7, 11) is 0. The summed E-state index contributed by atoms with van der Waals surface area (Å²) >= 11 is 0. The van der Waals surface area contributed by atoms with Crippen LogP contribution in [0.25, 0.3) is 0 Å². The number of carbonyl (C=O) groups excluding carboxylic acids is 2. The van der Waals surface area contributed by atoms with Crippen molar-refractivity contribution in [3.8, 4) is 0 Å². The van der Waals surface area contributed by atoms with Gasteiger partial charge in [-0.3, -0.25) is 19.5 Å². The first-order chi connectivity index (χ1) is 14.7. The maximum atomic E-state index is 13.2. The number of rotatable bonds is 6. The summed E-state index contributed by atoms with van der Waals surface area (Å²) in [6.45, 7) is 3.23. The second-order valence-electron chi connectivity index (χ2n) is 8.22. The molecule has 6 nitrogen and oxygen atoms in total. The van der Waals surface area contributed by atoms with Crippen molar-refractivity contribution in [1.82, 2.24) is 20.1 Å². The molecule has 2 aliphatic rings. The average molecular weight is 407 g/mol. The summed E-state index contributed by atoms with van der Waals surface area (Å²) in [5.41, 5.74) is 1.60. The number of nitrogens with one attached hydrogen (secondary N) is 1. The van der Waals surface area contributed by atoms with Crippen molar-refractivity contribution in [2.45, 2.75) is 38.3 Å². The minimum atomic E-state index is -0.120. The highest BCUT2D eigenvalue weighted by Crippen LogP contribution is 2.31. The molecule has 1 saturated carbocycles. The van der Waals surface area contributed by atoms with E-state index in [1.807, 2.05) is 53.4 Å². The van der Waals surface area contributed by atoms with Gasteiger partial charge < -0.3 is 10.2 Å². The minimum absolute atomic E-state index is 0.0762. The molecule has 158 valence electrons. The van der Waals surface area contributed by atoms with Crippen molar-refractivity contribution in [1.29, 1.82) is 0 Å². The molecule has 30 heavy (non-hydrogen) atoms. The lowest BCUT2D eigenvalue weighted by atomic mass is 9.95. The number of carbonyl (C=O) groups is 2. The standard InChI is InChI=1S/C24H30N4O2/c29-23(26-18-21-12-6-7-13-25-21)22(19-8-4-5-9-19)27-14-16-28(17-15-27)24(30)20-10-2-1-3-11-20/h1-3,6-7,10-13,19,22H,4-5,8-9,14-18H2,(H,26,29)/t22-/m0/s1. The number of piperazine rings is 1. The molecular formula is C24H30N4O2. The van der Waals surface area contributed by atoms with Crippen LogP contribution in [0.4, 0.5) is 0 Å².